The van der Waals surface area contributed by atoms with Gasteiger partial charge in [0.1, 0.15) is 22.3 Å². The van der Waals surface area contributed by atoms with Crippen LogP contribution in [0.2, 0.25) is 0 Å². The molecular formula is C44H26N2O2. The van der Waals surface area contributed by atoms with Crippen molar-refractivity contribution in [1.29, 1.82) is 0 Å². The van der Waals surface area contributed by atoms with E-state index in [1.54, 1.807) is 0 Å². The number of benzene rings is 7. The second kappa shape index (κ2) is 10.5. The predicted molar refractivity (Wildman–Crippen MR) is 196 cm³/mol. The van der Waals surface area contributed by atoms with Crippen LogP contribution >= 0.6 is 0 Å². The zero-order chi connectivity index (χ0) is 31.6. The van der Waals surface area contributed by atoms with Gasteiger partial charge < -0.3 is 8.83 Å². The second-order valence-corrected chi connectivity index (χ2v) is 12.1. The summed E-state index contributed by atoms with van der Waals surface area (Å²) in [5.74, 6) is 0.635. The molecule has 0 amide bonds. The van der Waals surface area contributed by atoms with Crippen LogP contribution in [0.15, 0.2) is 167 Å². The third-order valence-electron chi connectivity index (χ3n) is 9.29. The smallest absolute Gasteiger partial charge is 0.161 e. The lowest BCUT2D eigenvalue weighted by atomic mass is 9.97. The van der Waals surface area contributed by atoms with Gasteiger partial charge in [0.2, 0.25) is 0 Å². The molecule has 0 fully saturated rings. The first-order valence-electron chi connectivity index (χ1n) is 16.1. The summed E-state index contributed by atoms with van der Waals surface area (Å²) >= 11 is 0. The van der Waals surface area contributed by atoms with Gasteiger partial charge in [0.15, 0.2) is 5.82 Å². The van der Waals surface area contributed by atoms with Gasteiger partial charge >= 0.3 is 0 Å². The first kappa shape index (κ1) is 26.7. The highest BCUT2D eigenvalue weighted by Crippen LogP contribution is 2.42. The lowest BCUT2D eigenvalue weighted by Crippen LogP contribution is -1.97. The molecule has 0 N–H and O–H groups in total. The molecule has 0 aliphatic carbocycles. The molecule has 0 saturated heterocycles. The Morgan fingerprint density at radius 1 is 0.375 bits per heavy atom. The maximum Gasteiger partial charge on any atom is 0.161 e. The Morgan fingerprint density at radius 2 is 1.06 bits per heavy atom. The number of hydrogen-bond donors (Lipinski definition) is 0. The molecule has 10 aromatic rings. The molecule has 0 radical (unpaired) electrons. The van der Waals surface area contributed by atoms with Crippen molar-refractivity contribution in [2.75, 3.05) is 0 Å². The van der Waals surface area contributed by atoms with Crippen LogP contribution < -0.4 is 0 Å². The minimum absolute atomic E-state index is 0.635. The Balaban J connectivity index is 1.29. The van der Waals surface area contributed by atoms with E-state index in [0.717, 1.165) is 93.9 Å². The minimum Gasteiger partial charge on any atom is -0.456 e. The number of para-hydroxylation sites is 1. The molecule has 48 heavy (non-hydrogen) atoms. The van der Waals surface area contributed by atoms with Crippen LogP contribution in [0.5, 0.6) is 0 Å². The van der Waals surface area contributed by atoms with Crippen molar-refractivity contribution in [3.8, 4) is 45.0 Å². The van der Waals surface area contributed by atoms with Crippen LogP contribution in [0.1, 0.15) is 0 Å². The lowest BCUT2D eigenvalue weighted by molar-refractivity contribution is 0.669. The van der Waals surface area contributed by atoms with Gasteiger partial charge in [-0.25, -0.2) is 9.97 Å². The Kier molecular flexibility index (Phi) is 5.84. The first-order chi connectivity index (χ1) is 23.8. The molecule has 0 saturated carbocycles. The molecule has 0 spiro atoms. The van der Waals surface area contributed by atoms with Crippen molar-refractivity contribution in [2.45, 2.75) is 0 Å². The molecule has 3 aromatic heterocycles. The molecule has 7 aromatic carbocycles. The number of fused-ring (bicyclic) bond motifs is 8. The zero-order valence-corrected chi connectivity index (χ0v) is 25.7. The Bertz CT molecular complexity index is 2830. The molecule has 224 valence electrons. The van der Waals surface area contributed by atoms with E-state index >= 15 is 0 Å². The summed E-state index contributed by atoms with van der Waals surface area (Å²) in [4.78, 5) is 10.6. The van der Waals surface area contributed by atoms with Crippen molar-refractivity contribution in [3.05, 3.63) is 158 Å². The molecule has 0 bridgehead atoms. The van der Waals surface area contributed by atoms with E-state index in [9.17, 15) is 0 Å². The fraction of sp³-hybridized carbons (Fsp3) is 0. The average molecular weight is 615 g/mol. The average Bonchev–Trinajstić information content (AvgIpc) is 3.74. The summed E-state index contributed by atoms with van der Waals surface area (Å²) in [5.41, 5.74) is 10.1. The van der Waals surface area contributed by atoms with Crippen LogP contribution in [0.3, 0.4) is 0 Å². The Labute approximate surface area is 275 Å². The van der Waals surface area contributed by atoms with E-state index in [0.29, 0.717) is 5.82 Å². The fourth-order valence-electron chi connectivity index (χ4n) is 7.06. The largest absolute Gasteiger partial charge is 0.456 e. The van der Waals surface area contributed by atoms with E-state index in [1.807, 2.05) is 54.6 Å². The molecule has 3 heterocycles. The zero-order valence-electron chi connectivity index (χ0n) is 25.7. The first-order valence-corrected chi connectivity index (χ1v) is 16.1. The molecule has 10 rings (SSSR count). The third-order valence-corrected chi connectivity index (χ3v) is 9.29. The van der Waals surface area contributed by atoms with E-state index < -0.39 is 0 Å². The van der Waals surface area contributed by atoms with Crippen molar-refractivity contribution in [2.24, 2.45) is 0 Å². The molecule has 0 unspecified atom stereocenters. The molecule has 0 aliphatic rings. The SMILES string of the molecule is c1ccc(-c2cc(-c3nc(-c4ccccc4)cc(-c4cccc5oc6c7ccccc7ccc6c45)n3)c3c(c2)oc2ccccc23)cc1. The normalized spacial score (nSPS) is 11.8. The van der Waals surface area contributed by atoms with Crippen molar-refractivity contribution >= 4 is 54.6 Å². The molecule has 4 heteroatoms. The van der Waals surface area contributed by atoms with Gasteiger partial charge in [-0.1, -0.05) is 121 Å². The van der Waals surface area contributed by atoms with E-state index in [2.05, 4.69) is 103 Å². The standard InChI is InChI=1S/C44H26N2O2/c1-3-12-27(13-4-1)30-24-35(42-33-18-9-10-20-38(33)47-40(42)25-30)44-45-36(29-15-5-2-6-16-29)26-37(46-44)32-19-11-21-39-41(32)34-23-22-28-14-7-8-17-31(28)43(34)48-39/h1-26H. The fourth-order valence-corrected chi connectivity index (χ4v) is 7.06. The summed E-state index contributed by atoms with van der Waals surface area (Å²) in [6, 6.07) is 54.2. The topological polar surface area (TPSA) is 52.1 Å². The van der Waals surface area contributed by atoms with Crippen LogP contribution in [-0.4, -0.2) is 9.97 Å². The summed E-state index contributed by atoms with van der Waals surface area (Å²) in [6.07, 6.45) is 0. The summed E-state index contributed by atoms with van der Waals surface area (Å²) in [5, 5.41) is 6.38. The highest BCUT2D eigenvalue weighted by Gasteiger charge is 2.21. The number of nitrogens with zero attached hydrogens (tertiary/aromatic N) is 2. The van der Waals surface area contributed by atoms with Crippen molar-refractivity contribution in [3.63, 3.8) is 0 Å². The van der Waals surface area contributed by atoms with Crippen LogP contribution in [0.4, 0.5) is 0 Å². The van der Waals surface area contributed by atoms with Gasteiger partial charge in [0.25, 0.3) is 0 Å². The summed E-state index contributed by atoms with van der Waals surface area (Å²) in [6.45, 7) is 0. The maximum absolute atomic E-state index is 6.56. The maximum atomic E-state index is 6.56. The third kappa shape index (κ3) is 4.16. The van der Waals surface area contributed by atoms with Crippen molar-refractivity contribution in [1.82, 2.24) is 9.97 Å². The predicted octanol–water partition coefficient (Wildman–Crippen LogP) is 12.1. The van der Waals surface area contributed by atoms with E-state index in [4.69, 9.17) is 18.8 Å². The molecule has 0 aliphatic heterocycles. The Morgan fingerprint density at radius 3 is 1.92 bits per heavy atom. The molecular weight excluding hydrogens is 588 g/mol. The number of rotatable bonds is 4. The van der Waals surface area contributed by atoms with Gasteiger partial charge in [0, 0.05) is 43.6 Å². The second-order valence-electron chi connectivity index (χ2n) is 12.1. The summed E-state index contributed by atoms with van der Waals surface area (Å²) < 4.78 is 13.0. The quantitative estimate of drug-likeness (QED) is 0.198. The summed E-state index contributed by atoms with van der Waals surface area (Å²) in [7, 11) is 0. The monoisotopic (exact) mass is 614 g/mol. The van der Waals surface area contributed by atoms with Gasteiger partial charge in [-0.15, -0.1) is 0 Å². The van der Waals surface area contributed by atoms with Gasteiger partial charge in [0.05, 0.1) is 11.4 Å². The number of aromatic nitrogens is 2. The van der Waals surface area contributed by atoms with Crippen LogP contribution in [-0.2, 0) is 0 Å². The van der Waals surface area contributed by atoms with Gasteiger partial charge in [-0.2, -0.15) is 0 Å². The van der Waals surface area contributed by atoms with E-state index in [1.165, 1.54) is 0 Å². The Hall–Kier alpha value is -6.52. The number of furan rings is 2. The van der Waals surface area contributed by atoms with Crippen molar-refractivity contribution < 1.29 is 8.83 Å². The van der Waals surface area contributed by atoms with Gasteiger partial charge in [-0.05, 0) is 52.9 Å². The minimum atomic E-state index is 0.635. The number of hydrogen-bond acceptors (Lipinski definition) is 4. The molecule has 0 atom stereocenters. The van der Waals surface area contributed by atoms with Crippen LogP contribution in [0.25, 0.3) is 99.7 Å². The highest BCUT2D eigenvalue weighted by molar-refractivity contribution is 6.19. The lowest BCUT2D eigenvalue weighted by Gasteiger charge is -2.12. The molecule has 4 nitrogen and oxygen atoms in total. The van der Waals surface area contributed by atoms with E-state index in [-0.39, 0.29) is 0 Å². The van der Waals surface area contributed by atoms with Gasteiger partial charge in [-0.3, -0.25) is 0 Å². The highest BCUT2D eigenvalue weighted by atomic mass is 16.3. The van der Waals surface area contributed by atoms with Crippen LogP contribution in [0, 0.1) is 0 Å².